The predicted octanol–water partition coefficient (Wildman–Crippen LogP) is 0.887. The second-order valence-corrected chi connectivity index (χ2v) is 4.95. The second kappa shape index (κ2) is 6.96. The molecule has 1 heterocycles. The number of likely N-dealkylation sites (N-methyl/N-ethyl adjacent to an activating group) is 1. The third-order valence-corrected chi connectivity index (χ3v) is 3.30. The summed E-state index contributed by atoms with van der Waals surface area (Å²) in [5, 5.41) is 12.4. The highest BCUT2D eigenvalue weighted by Gasteiger charge is 2.14. The molecule has 0 unspecified atom stereocenters. The van der Waals surface area contributed by atoms with E-state index in [0.29, 0.717) is 0 Å². The summed E-state index contributed by atoms with van der Waals surface area (Å²) in [5.41, 5.74) is 3.59. The summed E-state index contributed by atoms with van der Waals surface area (Å²) in [5.74, 6) is -0.196. The highest BCUT2D eigenvalue weighted by Crippen LogP contribution is 2.12. The molecule has 0 bridgehead atoms. The van der Waals surface area contributed by atoms with Crippen LogP contribution in [0.25, 0.3) is 6.08 Å². The largest absolute Gasteiger partial charge is 0.304 e. The van der Waals surface area contributed by atoms with Crippen molar-refractivity contribution in [3.63, 3.8) is 0 Å². The average Bonchev–Trinajstić information content (AvgIpc) is 2.48. The van der Waals surface area contributed by atoms with E-state index in [1.807, 2.05) is 12.1 Å². The molecule has 0 atom stereocenters. The van der Waals surface area contributed by atoms with Gasteiger partial charge < -0.3 is 4.90 Å². The van der Waals surface area contributed by atoms with E-state index in [-0.39, 0.29) is 11.6 Å². The number of rotatable bonds is 4. The molecule has 0 saturated carbocycles. The molecule has 1 aromatic rings. The first-order chi connectivity index (χ1) is 10.0. The lowest BCUT2D eigenvalue weighted by Gasteiger charge is -2.31. The zero-order valence-corrected chi connectivity index (χ0v) is 11.9. The molecule has 1 aliphatic heterocycles. The normalized spacial score (nSPS) is 17.0. The molecule has 1 N–H and O–H groups in total. The van der Waals surface area contributed by atoms with E-state index in [0.717, 1.165) is 31.7 Å². The Labute approximate surface area is 123 Å². The van der Waals surface area contributed by atoms with Crippen molar-refractivity contribution in [3.05, 3.63) is 46.0 Å². The quantitative estimate of drug-likeness (QED) is 0.506. The van der Waals surface area contributed by atoms with Crippen LogP contribution in [0.2, 0.25) is 0 Å². The van der Waals surface area contributed by atoms with E-state index in [2.05, 4.69) is 10.3 Å². The number of hydrogen-bond donors (Lipinski definition) is 1. The molecule has 1 aliphatic rings. The van der Waals surface area contributed by atoms with Crippen molar-refractivity contribution in [2.45, 2.75) is 0 Å². The van der Waals surface area contributed by atoms with Gasteiger partial charge in [0.25, 0.3) is 11.6 Å². The molecule has 1 aromatic carbocycles. The summed E-state index contributed by atoms with van der Waals surface area (Å²) < 4.78 is 0. The minimum atomic E-state index is -0.451. The van der Waals surface area contributed by atoms with Gasteiger partial charge in [0.05, 0.1) is 4.92 Å². The van der Waals surface area contributed by atoms with Crippen molar-refractivity contribution >= 4 is 17.7 Å². The van der Waals surface area contributed by atoms with Crippen LogP contribution in [-0.4, -0.2) is 54.0 Å². The van der Waals surface area contributed by atoms with E-state index < -0.39 is 4.92 Å². The standard InChI is InChI=1S/C14H18N4O3/c1-16-8-10-17(11-9-16)15-14(19)7-4-12-2-5-13(6-3-12)18(20)21/h2-7H,8-11H2,1H3,(H,15,19)/b7-4+. The molecular weight excluding hydrogens is 272 g/mol. The molecule has 21 heavy (non-hydrogen) atoms. The molecule has 0 aromatic heterocycles. The van der Waals surface area contributed by atoms with Gasteiger partial charge in [-0.05, 0) is 30.8 Å². The maximum absolute atomic E-state index is 11.8. The Bertz CT molecular complexity index is 534. The Kier molecular flexibility index (Phi) is 5.02. The van der Waals surface area contributed by atoms with E-state index in [1.54, 1.807) is 18.2 Å². The highest BCUT2D eigenvalue weighted by atomic mass is 16.6. The van der Waals surface area contributed by atoms with Crippen molar-refractivity contribution in [3.8, 4) is 0 Å². The number of nitrogens with one attached hydrogen (secondary N) is 1. The zero-order chi connectivity index (χ0) is 15.2. The number of nitrogens with zero attached hydrogens (tertiary/aromatic N) is 3. The zero-order valence-electron chi connectivity index (χ0n) is 11.9. The van der Waals surface area contributed by atoms with E-state index in [9.17, 15) is 14.9 Å². The number of amides is 1. The van der Waals surface area contributed by atoms with Crippen LogP contribution in [-0.2, 0) is 4.79 Å². The predicted molar refractivity (Wildman–Crippen MR) is 79.3 cm³/mol. The summed E-state index contributed by atoms with van der Waals surface area (Å²) in [6.45, 7) is 3.44. The number of hydrazine groups is 1. The summed E-state index contributed by atoms with van der Waals surface area (Å²) >= 11 is 0. The van der Waals surface area contributed by atoms with Gasteiger partial charge in [-0.2, -0.15) is 0 Å². The van der Waals surface area contributed by atoms with Crippen molar-refractivity contribution in [1.82, 2.24) is 15.3 Å². The van der Waals surface area contributed by atoms with Crippen LogP contribution < -0.4 is 5.43 Å². The number of nitro benzene ring substituents is 1. The van der Waals surface area contributed by atoms with Crippen LogP contribution >= 0.6 is 0 Å². The Morgan fingerprint density at radius 1 is 1.24 bits per heavy atom. The lowest BCUT2D eigenvalue weighted by Crippen LogP contribution is -2.52. The minimum absolute atomic E-state index is 0.0361. The molecule has 0 spiro atoms. The number of hydrogen-bond acceptors (Lipinski definition) is 5. The molecule has 2 rings (SSSR count). The van der Waals surface area contributed by atoms with E-state index in [4.69, 9.17) is 0 Å². The molecule has 112 valence electrons. The lowest BCUT2D eigenvalue weighted by molar-refractivity contribution is -0.384. The second-order valence-electron chi connectivity index (χ2n) is 4.95. The maximum Gasteiger partial charge on any atom is 0.269 e. The summed E-state index contributed by atoms with van der Waals surface area (Å²) in [6.07, 6.45) is 3.06. The van der Waals surface area contributed by atoms with Crippen LogP contribution in [0.3, 0.4) is 0 Å². The highest BCUT2D eigenvalue weighted by molar-refractivity contribution is 5.91. The Balaban J connectivity index is 1.85. The van der Waals surface area contributed by atoms with Gasteiger partial charge in [-0.15, -0.1) is 0 Å². The molecule has 1 fully saturated rings. The fourth-order valence-corrected chi connectivity index (χ4v) is 1.99. The van der Waals surface area contributed by atoms with Crippen molar-refractivity contribution in [2.24, 2.45) is 0 Å². The van der Waals surface area contributed by atoms with Crippen LogP contribution in [0.15, 0.2) is 30.3 Å². The molecule has 0 aliphatic carbocycles. The topological polar surface area (TPSA) is 78.7 Å². The third kappa shape index (κ3) is 4.66. The van der Waals surface area contributed by atoms with Gasteiger partial charge in [0.1, 0.15) is 0 Å². The SMILES string of the molecule is CN1CCN(NC(=O)/C=C/c2ccc([N+](=O)[O-])cc2)CC1. The summed E-state index contributed by atoms with van der Waals surface area (Å²) in [6, 6.07) is 6.05. The maximum atomic E-state index is 11.8. The van der Waals surface area contributed by atoms with Crippen molar-refractivity contribution in [1.29, 1.82) is 0 Å². The smallest absolute Gasteiger partial charge is 0.269 e. The fourth-order valence-electron chi connectivity index (χ4n) is 1.99. The fraction of sp³-hybridized carbons (Fsp3) is 0.357. The lowest BCUT2D eigenvalue weighted by atomic mass is 10.2. The van der Waals surface area contributed by atoms with E-state index in [1.165, 1.54) is 18.2 Å². The number of benzene rings is 1. The molecule has 1 saturated heterocycles. The third-order valence-electron chi connectivity index (χ3n) is 3.30. The number of non-ortho nitro benzene ring substituents is 1. The first-order valence-electron chi connectivity index (χ1n) is 6.71. The first-order valence-corrected chi connectivity index (χ1v) is 6.71. The summed E-state index contributed by atoms with van der Waals surface area (Å²) in [7, 11) is 2.05. The Morgan fingerprint density at radius 2 is 1.86 bits per heavy atom. The Morgan fingerprint density at radius 3 is 2.43 bits per heavy atom. The van der Waals surface area contributed by atoms with E-state index >= 15 is 0 Å². The van der Waals surface area contributed by atoms with Gasteiger partial charge in [0.2, 0.25) is 0 Å². The van der Waals surface area contributed by atoms with Gasteiger partial charge in [0, 0.05) is 44.4 Å². The molecule has 7 heteroatoms. The number of carbonyl (C=O) groups is 1. The molecule has 0 radical (unpaired) electrons. The number of nitro groups is 1. The Hall–Kier alpha value is -2.25. The van der Waals surface area contributed by atoms with Gasteiger partial charge in [-0.25, -0.2) is 5.01 Å². The molecule has 7 nitrogen and oxygen atoms in total. The van der Waals surface area contributed by atoms with Crippen LogP contribution in [0, 0.1) is 10.1 Å². The number of piperazine rings is 1. The van der Waals surface area contributed by atoms with Gasteiger partial charge in [-0.1, -0.05) is 0 Å². The van der Waals surface area contributed by atoms with Crippen molar-refractivity contribution in [2.75, 3.05) is 33.2 Å². The van der Waals surface area contributed by atoms with Crippen LogP contribution in [0.1, 0.15) is 5.56 Å². The monoisotopic (exact) mass is 290 g/mol. The summed E-state index contributed by atoms with van der Waals surface area (Å²) in [4.78, 5) is 24.1. The first kappa shape index (κ1) is 15.1. The minimum Gasteiger partial charge on any atom is -0.304 e. The van der Waals surface area contributed by atoms with Gasteiger partial charge in [0.15, 0.2) is 0 Å². The average molecular weight is 290 g/mol. The molecular formula is C14H18N4O3. The van der Waals surface area contributed by atoms with Gasteiger partial charge in [-0.3, -0.25) is 20.3 Å². The van der Waals surface area contributed by atoms with Crippen LogP contribution in [0.5, 0.6) is 0 Å². The van der Waals surface area contributed by atoms with Crippen LogP contribution in [0.4, 0.5) is 5.69 Å². The van der Waals surface area contributed by atoms with Crippen molar-refractivity contribution < 1.29 is 9.72 Å². The molecule has 1 amide bonds. The van der Waals surface area contributed by atoms with Gasteiger partial charge >= 0.3 is 0 Å². The number of carbonyl (C=O) groups excluding carboxylic acids is 1.